The molecule has 0 bridgehead atoms. The smallest absolute Gasteiger partial charge is 0.164 e. The minimum atomic E-state index is -1.57. The molecule has 1 unspecified atom stereocenters. The minimum absolute atomic E-state index is 0.449. The number of fused-ring (bicyclic) bond motifs is 1. The van der Waals surface area contributed by atoms with Crippen LogP contribution in [0.5, 0.6) is 0 Å². The van der Waals surface area contributed by atoms with Crippen LogP contribution < -0.4 is 5.48 Å². The summed E-state index contributed by atoms with van der Waals surface area (Å²) in [6, 6.07) is 8.35. The lowest BCUT2D eigenvalue weighted by atomic mass is 9.87. The lowest BCUT2D eigenvalue weighted by Crippen LogP contribution is -2.45. The van der Waals surface area contributed by atoms with E-state index in [0.717, 1.165) is 0 Å². The number of anilines is 1. The number of hydrogen-bond acceptors (Lipinski definition) is 8. The summed E-state index contributed by atoms with van der Waals surface area (Å²) in [7, 11) is 0. The average molecular weight is 435 g/mol. The summed E-state index contributed by atoms with van der Waals surface area (Å²) in [5.74, 6) is 0.471. The fraction of sp³-hybridized carbons (Fsp3) is 0.400. The summed E-state index contributed by atoms with van der Waals surface area (Å²) >= 11 is 5.93. The average Bonchev–Trinajstić information content (AvgIpc) is 3.29. The summed E-state index contributed by atoms with van der Waals surface area (Å²) in [5, 5.41) is 33.7. The van der Waals surface area contributed by atoms with Gasteiger partial charge < -0.3 is 24.6 Å². The van der Waals surface area contributed by atoms with Crippen molar-refractivity contribution in [1.82, 2.24) is 14.5 Å². The first kappa shape index (κ1) is 21.0. The van der Waals surface area contributed by atoms with Gasteiger partial charge in [-0.1, -0.05) is 23.7 Å². The van der Waals surface area contributed by atoms with Gasteiger partial charge in [-0.15, -0.1) is 0 Å². The second kappa shape index (κ2) is 8.10. The zero-order valence-electron chi connectivity index (χ0n) is 16.4. The van der Waals surface area contributed by atoms with Gasteiger partial charge in [-0.05, 0) is 37.6 Å². The molecule has 0 amide bonds. The number of nitrogens with one attached hydrogen (secondary N) is 1. The fourth-order valence-electron chi connectivity index (χ4n) is 3.70. The summed E-state index contributed by atoms with van der Waals surface area (Å²) in [6.45, 7) is 3.82. The SMILES string of the molecule is CCONc1ncnc2c1ccn2[C@@H]1OC([C@](C)(O)c2ccc(Cl)cc2)[C@@H](O)[C@H]1O. The Kier molecular flexibility index (Phi) is 5.67. The third-order valence-electron chi connectivity index (χ3n) is 5.32. The Labute approximate surface area is 177 Å². The van der Waals surface area contributed by atoms with Gasteiger partial charge in [-0.3, -0.25) is 4.84 Å². The van der Waals surface area contributed by atoms with E-state index in [2.05, 4.69) is 15.4 Å². The maximum Gasteiger partial charge on any atom is 0.164 e. The van der Waals surface area contributed by atoms with Crippen LogP contribution in [-0.4, -0.2) is 54.8 Å². The molecule has 3 aromatic rings. The van der Waals surface area contributed by atoms with Crippen LogP contribution in [0.1, 0.15) is 25.6 Å². The number of halogens is 1. The minimum Gasteiger partial charge on any atom is -0.387 e. The number of hydrogen-bond donors (Lipinski definition) is 4. The third kappa shape index (κ3) is 3.53. The fourth-order valence-corrected chi connectivity index (χ4v) is 3.83. The van der Waals surface area contributed by atoms with Crippen LogP contribution in [0, 0.1) is 0 Å². The highest BCUT2D eigenvalue weighted by Crippen LogP contribution is 2.40. The predicted octanol–water partition coefficient (Wildman–Crippen LogP) is 1.98. The lowest BCUT2D eigenvalue weighted by molar-refractivity contribution is -0.135. The zero-order chi connectivity index (χ0) is 21.5. The van der Waals surface area contributed by atoms with Crippen molar-refractivity contribution in [2.45, 2.75) is 44.0 Å². The molecule has 2 aromatic heterocycles. The van der Waals surface area contributed by atoms with Gasteiger partial charge in [0.25, 0.3) is 0 Å². The third-order valence-corrected chi connectivity index (χ3v) is 5.57. The van der Waals surface area contributed by atoms with Crippen LogP contribution in [0.25, 0.3) is 11.0 Å². The van der Waals surface area contributed by atoms with Gasteiger partial charge in [-0.2, -0.15) is 0 Å². The molecule has 0 radical (unpaired) electrons. The topological polar surface area (TPSA) is 122 Å². The quantitative estimate of drug-likeness (QED) is 0.434. The van der Waals surface area contributed by atoms with Crippen LogP contribution in [0.3, 0.4) is 0 Å². The first-order valence-electron chi connectivity index (χ1n) is 9.54. The number of benzene rings is 1. The van der Waals surface area contributed by atoms with Gasteiger partial charge in [-0.25, -0.2) is 15.4 Å². The standard InChI is InChI=1S/C20H23ClN4O5/c1-3-29-24-17-13-8-9-25(18(13)23-10-22-17)19-15(27)14(26)16(30-19)20(2,28)11-4-6-12(21)7-5-11/h4-10,14-16,19,26-28H,3H2,1-2H3,(H,22,23,24)/t14-,15+,16?,19+,20+/m0/s1. The monoisotopic (exact) mass is 434 g/mol. The van der Waals surface area contributed by atoms with Gasteiger partial charge in [0.05, 0.1) is 12.0 Å². The van der Waals surface area contributed by atoms with E-state index in [9.17, 15) is 15.3 Å². The molecule has 0 saturated carbocycles. The zero-order valence-corrected chi connectivity index (χ0v) is 17.2. The van der Waals surface area contributed by atoms with Gasteiger partial charge in [0.15, 0.2) is 12.0 Å². The summed E-state index contributed by atoms with van der Waals surface area (Å²) < 4.78 is 7.57. The van der Waals surface area contributed by atoms with Crippen LogP contribution in [0.2, 0.25) is 5.02 Å². The van der Waals surface area contributed by atoms with Crippen molar-refractivity contribution in [3.63, 3.8) is 0 Å². The van der Waals surface area contributed by atoms with Crippen LogP contribution in [-0.2, 0) is 15.2 Å². The number of nitrogens with zero attached hydrogens (tertiary/aromatic N) is 3. The summed E-state index contributed by atoms with van der Waals surface area (Å²) in [5.41, 5.74) is 2.17. The summed E-state index contributed by atoms with van der Waals surface area (Å²) in [6.07, 6.45) is -1.63. The molecule has 1 aliphatic rings. The Morgan fingerprint density at radius 2 is 1.93 bits per heavy atom. The Balaban J connectivity index is 1.66. The predicted molar refractivity (Wildman–Crippen MR) is 110 cm³/mol. The number of aromatic nitrogens is 3. The first-order valence-corrected chi connectivity index (χ1v) is 9.91. The maximum absolute atomic E-state index is 11.1. The van der Waals surface area contributed by atoms with Crippen molar-refractivity contribution in [1.29, 1.82) is 0 Å². The van der Waals surface area contributed by atoms with Crippen molar-refractivity contribution in [3.8, 4) is 0 Å². The molecular weight excluding hydrogens is 412 g/mol. The molecule has 1 saturated heterocycles. The van der Waals surface area contributed by atoms with E-state index in [0.29, 0.717) is 34.0 Å². The van der Waals surface area contributed by atoms with Crippen molar-refractivity contribution < 1.29 is 24.9 Å². The summed E-state index contributed by atoms with van der Waals surface area (Å²) in [4.78, 5) is 13.6. The van der Waals surface area contributed by atoms with E-state index in [1.165, 1.54) is 13.3 Å². The molecule has 160 valence electrons. The van der Waals surface area contributed by atoms with Gasteiger partial charge >= 0.3 is 0 Å². The molecule has 0 spiro atoms. The van der Waals surface area contributed by atoms with Crippen molar-refractivity contribution in [2.24, 2.45) is 0 Å². The van der Waals surface area contributed by atoms with Crippen LogP contribution in [0.15, 0.2) is 42.9 Å². The number of aliphatic hydroxyl groups excluding tert-OH is 2. The molecule has 1 aliphatic heterocycles. The van der Waals surface area contributed by atoms with E-state index in [1.807, 2.05) is 6.92 Å². The first-order chi connectivity index (χ1) is 14.3. The van der Waals surface area contributed by atoms with E-state index < -0.39 is 30.1 Å². The molecule has 3 heterocycles. The molecule has 30 heavy (non-hydrogen) atoms. The molecule has 10 heteroatoms. The molecule has 1 fully saturated rings. The molecule has 0 aliphatic carbocycles. The Morgan fingerprint density at radius 1 is 1.20 bits per heavy atom. The van der Waals surface area contributed by atoms with Gasteiger partial charge in [0, 0.05) is 11.2 Å². The van der Waals surface area contributed by atoms with Crippen LogP contribution in [0.4, 0.5) is 5.82 Å². The molecule has 9 nitrogen and oxygen atoms in total. The lowest BCUT2D eigenvalue weighted by Gasteiger charge is -2.32. The second-order valence-corrected chi connectivity index (χ2v) is 7.74. The van der Waals surface area contributed by atoms with E-state index in [4.69, 9.17) is 21.2 Å². The number of ether oxygens (including phenoxy) is 1. The van der Waals surface area contributed by atoms with Gasteiger partial charge in [0.1, 0.15) is 35.9 Å². The molecule has 4 rings (SSSR count). The molecule has 5 atom stereocenters. The maximum atomic E-state index is 11.1. The Morgan fingerprint density at radius 3 is 2.63 bits per heavy atom. The van der Waals surface area contributed by atoms with Gasteiger partial charge in [0.2, 0.25) is 0 Å². The highest BCUT2D eigenvalue weighted by Gasteiger charge is 2.52. The molecule has 4 N–H and O–H groups in total. The molecule has 1 aromatic carbocycles. The van der Waals surface area contributed by atoms with Crippen molar-refractivity contribution in [2.75, 3.05) is 12.1 Å². The van der Waals surface area contributed by atoms with E-state index >= 15 is 0 Å². The highest BCUT2D eigenvalue weighted by atomic mass is 35.5. The van der Waals surface area contributed by atoms with Crippen molar-refractivity contribution in [3.05, 3.63) is 53.4 Å². The number of rotatable bonds is 6. The Bertz CT molecular complexity index is 1030. The van der Waals surface area contributed by atoms with Crippen molar-refractivity contribution >= 4 is 28.5 Å². The largest absolute Gasteiger partial charge is 0.387 e. The normalized spacial score (nSPS) is 26.1. The number of aliphatic hydroxyl groups is 3. The van der Waals surface area contributed by atoms with E-state index in [-0.39, 0.29) is 0 Å². The highest BCUT2D eigenvalue weighted by molar-refractivity contribution is 6.30. The van der Waals surface area contributed by atoms with E-state index in [1.54, 1.807) is 41.1 Å². The van der Waals surface area contributed by atoms with Crippen LogP contribution >= 0.6 is 11.6 Å². The second-order valence-electron chi connectivity index (χ2n) is 7.30. The molecular formula is C20H23ClN4O5. The Hall–Kier alpha value is -2.27.